The lowest BCUT2D eigenvalue weighted by Crippen LogP contribution is -2.38. The van der Waals surface area contributed by atoms with Gasteiger partial charge < -0.3 is 18.9 Å². The third-order valence-electron chi connectivity index (χ3n) is 4.51. The predicted octanol–water partition coefficient (Wildman–Crippen LogP) is 3.56. The zero-order chi connectivity index (χ0) is 21.0. The molecule has 158 valence electrons. The van der Waals surface area contributed by atoms with Crippen molar-refractivity contribution in [2.24, 2.45) is 18.9 Å². The summed E-state index contributed by atoms with van der Waals surface area (Å²) in [4.78, 5) is 14.7. The Morgan fingerprint density at radius 2 is 1.83 bits per heavy atom. The normalized spacial score (nSPS) is 15.8. The third kappa shape index (κ3) is 5.44. The molecule has 1 aromatic heterocycles. The second kappa shape index (κ2) is 9.52. The van der Waals surface area contributed by atoms with Gasteiger partial charge in [-0.15, -0.1) is 10.2 Å². The van der Waals surface area contributed by atoms with E-state index in [4.69, 9.17) is 9.47 Å². The molecule has 1 amide bonds. The van der Waals surface area contributed by atoms with E-state index >= 15 is 0 Å². The molecule has 0 aliphatic carbocycles. The van der Waals surface area contributed by atoms with Crippen molar-refractivity contribution in [3.8, 4) is 11.5 Å². The molecule has 0 spiro atoms. The van der Waals surface area contributed by atoms with Gasteiger partial charge in [-0.1, -0.05) is 51.6 Å². The molecule has 7 nitrogen and oxygen atoms in total. The van der Waals surface area contributed by atoms with E-state index in [0.717, 1.165) is 18.8 Å². The number of nitrogens with zero attached hydrogens (tertiary/aromatic N) is 4. The lowest BCUT2D eigenvalue weighted by atomic mass is 10.1. The molecule has 8 heteroatoms. The van der Waals surface area contributed by atoms with Gasteiger partial charge in [0.05, 0.1) is 5.75 Å². The van der Waals surface area contributed by atoms with E-state index in [2.05, 4.69) is 37.9 Å². The van der Waals surface area contributed by atoms with E-state index in [1.807, 2.05) is 40.8 Å². The fraction of sp³-hybridized carbons (Fsp3) is 0.571. The van der Waals surface area contributed by atoms with Gasteiger partial charge in [0.2, 0.25) is 5.91 Å². The Kier molecular flexibility index (Phi) is 7.05. The van der Waals surface area contributed by atoms with Crippen LogP contribution in [0.2, 0.25) is 0 Å². The Balaban J connectivity index is 1.63. The van der Waals surface area contributed by atoms with Crippen molar-refractivity contribution in [2.75, 3.05) is 25.4 Å². The molecule has 0 saturated carbocycles. The van der Waals surface area contributed by atoms with Crippen molar-refractivity contribution in [1.29, 1.82) is 0 Å². The molecule has 0 N–H and O–H groups in total. The number of fused-ring (bicyclic) bond motifs is 1. The summed E-state index contributed by atoms with van der Waals surface area (Å²) >= 11 is 1.41. The monoisotopic (exact) mass is 418 g/mol. The Morgan fingerprint density at radius 3 is 2.48 bits per heavy atom. The quantitative estimate of drug-likeness (QED) is 0.611. The van der Waals surface area contributed by atoms with Crippen LogP contribution in [-0.2, 0) is 11.8 Å². The molecule has 1 aliphatic heterocycles. The van der Waals surface area contributed by atoms with Gasteiger partial charge in [0.1, 0.15) is 6.61 Å². The summed E-state index contributed by atoms with van der Waals surface area (Å²) in [5.41, 5.74) is 0. The summed E-state index contributed by atoms with van der Waals surface area (Å²) in [6.45, 7) is 10.5. The number of thioether (sulfide) groups is 1. The van der Waals surface area contributed by atoms with E-state index in [-0.39, 0.29) is 12.0 Å². The largest absolute Gasteiger partial charge is 0.485 e. The molecule has 1 atom stereocenters. The number of hydrogen-bond donors (Lipinski definition) is 0. The van der Waals surface area contributed by atoms with E-state index in [1.54, 1.807) is 0 Å². The fourth-order valence-electron chi connectivity index (χ4n) is 3.26. The number of carbonyl (C=O) groups is 1. The maximum absolute atomic E-state index is 12.7. The molecule has 1 unspecified atom stereocenters. The van der Waals surface area contributed by atoms with Crippen molar-refractivity contribution in [3.63, 3.8) is 0 Å². The molecule has 1 aromatic carbocycles. The highest BCUT2D eigenvalue weighted by molar-refractivity contribution is 7.99. The number of ether oxygens (including phenoxy) is 2. The Morgan fingerprint density at radius 1 is 1.17 bits per heavy atom. The zero-order valence-corrected chi connectivity index (χ0v) is 18.6. The maximum Gasteiger partial charge on any atom is 0.233 e. The van der Waals surface area contributed by atoms with Gasteiger partial charge in [-0.3, -0.25) is 4.79 Å². The molecule has 29 heavy (non-hydrogen) atoms. The Hall–Kier alpha value is -2.22. The molecule has 0 radical (unpaired) electrons. The average Bonchev–Trinajstić information content (AvgIpc) is 3.05. The van der Waals surface area contributed by atoms with E-state index in [0.29, 0.717) is 40.9 Å². The maximum atomic E-state index is 12.7. The van der Waals surface area contributed by atoms with Crippen LogP contribution in [0, 0.1) is 11.8 Å². The summed E-state index contributed by atoms with van der Waals surface area (Å²) in [5, 5.41) is 9.26. The van der Waals surface area contributed by atoms with Gasteiger partial charge in [0.15, 0.2) is 28.6 Å². The minimum atomic E-state index is -0.328. The number of aromatic nitrogens is 3. The summed E-state index contributed by atoms with van der Waals surface area (Å²) in [5.74, 6) is 3.49. The first kappa shape index (κ1) is 21.5. The van der Waals surface area contributed by atoms with Gasteiger partial charge >= 0.3 is 0 Å². The van der Waals surface area contributed by atoms with Crippen molar-refractivity contribution >= 4 is 17.7 Å². The minimum absolute atomic E-state index is 0.133. The number of amides is 1. The topological polar surface area (TPSA) is 69.5 Å². The van der Waals surface area contributed by atoms with E-state index < -0.39 is 0 Å². The van der Waals surface area contributed by atoms with E-state index in [9.17, 15) is 4.79 Å². The smallest absolute Gasteiger partial charge is 0.233 e. The summed E-state index contributed by atoms with van der Waals surface area (Å²) in [7, 11) is 1.89. The van der Waals surface area contributed by atoms with Crippen LogP contribution in [-0.4, -0.2) is 51.0 Å². The Bertz CT molecular complexity index is 827. The van der Waals surface area contributed by atoms with Gasteiger partial charge in [0.25, 0.3) is 0 Å². The molecule has 1 aliphatic rings. The summed E-state index contributed by atoms with van der Waals surface area (Å²) < 4.78 is 13.7. The number of rotatable bonds is 8. The Labute approximate surface area is 176 Å². The van der Waals surface area contributed by atoms with Gasteiger partial charge in [-0.05, 0) is 24.0 Å². The lowest BCUT2D eigenvalue weighted by Gasteiger charge is -2.26. The predicted molar refractivity (Wildman–Crippen MR) is 113 cm³/mol. The zero-order valence-electron chi connectivity index (χ0n) is 17.8. The van der Waals surface area contributed by atoms with Gasteiger partial charge in [0, 0.05) is 20.1 Å². The first-order valence-electron chi connectivity index (χ1n) is 10.0. The average molecular weight is 419 g/mol. The molecule has 3 rings (SSSR count). The highest BCUT2D eigenvalue weighted by atomic mass is 32.2. The van der Waals surface area contributed by atoms with Gasteiger partial charge in [-0.25, -0.2) is 0 Å². The second-order valence-corrected chi connectivity index (χ2v) is 9.08. The van der Waals surface area contributed by atoms with Crippen LogP contribution < -0.4 is 9.47 Å². The molecular weight excluding hydrogens is 388 g/mol. The van der Waals surface area contributed by atoms with Crippen LogP contribution in [0.1, 0.15) is 39.6 Å². The number of carbonyl (C=O) groups excluding carboxylic acids is 1. The highest BCUT2D eigenvalue weighted by Gasteiger charge is 2.28. The van der Waals surface area contributed by atoms with Crippen LogP contribution in [0.4, 0.5) is 0 Å². The van der Waals surface area contributed by atoms with Crippen molar-refractivity contribution in [2.45, 2.75) is 39.0 Å². The molecule has 2 aromatic rings. The van der Waals surface area contributed by atoms with Crippen LogP contribution in [0.15, 0.2) is 29.4 Å². The number of benzene rings is 1. The number of para-hydroxylation sites is 2. The van der Waals surface area contributed by atoms with Crippen molar-refractivity contribution in [3.05, 3.63) is 30.1 Å². The molecular formula is C21H30N4O3S. The van der Waals surface area contributed by atoms with Gasteiger partial charge in [-0.2, -0.15) is 0 Å². The molecule has 2 heterocycles. The van der Waals surface area contributed by atoms with Crippen LogP contribution >= 0.6 is 11.8 Å². The lowest BCUT2D eigenvalue weighted by molar-refractivity contribution is -0.129. The van der Waals surface area contributed by atoms with Crippen LogP contribution in [0.25, 0.3) is 0 Å². The molecule has 0 saturated heterocycles. The van der Waals surface area contributed by atoms with E-state index in [1.165, 1.54) is 11.8 Å². The van der Waals surface area contributed by atoms with Crippen LogP contribution in [0.3, 0.4) is 0 Å². The first-order valence-corrected chi connectivity index (χ1v) is 11.0. The van der Waals surface area contributed by atoms with Crippen LogP contribution in [0.5, 0.6) is 11.5 Å². The summed E-state index contributed by atoms with van der Waals surface area (Å²) in [6.07, 6.45) is -0.328. The second-order valence-electron chi connectivity index (χ2n) is 8.14. The molecule has 0 fully saturated rings. The minimum Gasteiger partial charge on any atom is -0.485 e. The highest BCUT2D eigenvalue weighted by Crippen LogP contribution is 2.35. The molecule has 0 bridgehead atoms. The first-order chi connectivity index (χ1) is 13.8. The SMILES string of the molecule is CC(C)CN(CC(C)C)C(=O)CSc1nnc(C2COc3ccccc3O2)n1C. The standard InChI is InChI=1S/C21H30N4O3S/c1-14(2)10-25(11-15(3)4)19(26)13-29-21-23-22-20(24(21)5)18-12-27-16-8-6-7-9-17(16)28-18/h6-9,14-15,18H,10-13H2,1-5H3. The fourth-order valence-corrected chi connectivity index (χ4v) is 4.08. The summed E-state index contributed by atoms with van der Waals surface area (Å²) in [6, 6.07) is 7.59. The number of hydrogen-bond acceptors (Lipinski definition) is 6. The third-order valence-corrected chi connectivity index (χ3v) is 5.52. The van der Waals surface area contributed by atoms with Crippen molar-refractivity contribution in [1.82, 2.24) is 19.7 Å². The van der Waals surface area contributed by atoms with Crippen molar-refractivity contribution < 1.29 is 14.3 Å².